The highest BCUT2D eigenvalue weighted by Gasteiger charge is 2.06. The third-order valence-corrected chi connectivity index (χ3v) is 3.92. The molecule has 0 unspecified atom stereocenters. The van der Waals surface area contributed by atoms with E-state index in [4.69, 9.17) is 15.2 Å². The molecular weight excluding hydrogens is 453 g/mol. The van der Waals surface area contributed by atoms with E-state index in [1.807, 2.05) is 48.5 Å². The van der Waals surface area contributed by atoms with Crippen molar-refractivity contribution in [2.24, 2.45) is 16.6 Å². The number of guanidine groups is 1. The molecular formula is C21H30IN3O2. The maximum atomic E-state index is 5.90. The Morgan fingerprint density at radius 3 is 2.48 bits per heavy atom. The van der Waals surface area contributed by atoms with Gasteiger partial charge in [0.2, 0.25) is 0 Å². The molecule has 0 saturated heterocycles. The van der Waals surface area contributed by atoms with Crippen LogP contribution in [0.1, 0.15) is 31.4 Å². The third-order valence-electron chi connectivity index (χ3n) is 3.92. The van der Waals surface area contributed by atoms with Gasteiger partial charge in [-0.25, -0.2) is 4.99 Å². The van der Waals surface area contributed by atoms with Gasteiger partial charge in [0.15, 0.2) is 17.5 Å². The summed E-state index contributed by atoms with van der Waals surface area (Å²) < 4.78 is 11.3. The second-order valence-electron chi connectivity index (χ2n) is 6.57. The average Bonchev–Trinajstić information content (AvgIpc) is 2.65. The minimum Gasteiger partial charge on any atom is -0.493 e. The summed E-state index contributed by atoms with van der Waals surface area (Å²) in [5.41, 5.74) is 8.03. The smallest absolute Gasteiger partial charge is 0.188 e. The van der Waals surface area contributed by atoms with Gasteiger partial charge in [0.1, 0.15) is 6.61 Å². The number of hydrogen-bond acceptors (Lipinski definition) is 3. The Kier molecular flexibility index (Phi) is 10.6. The zero-order chi connectivity index (χ0) is 18.8. The summed E-state index contributed by atoms with van der Waals surface area (Å²) in [5, 5.41) is 3.13. The molecule has 0 aromatic heterocycles. The van der Waals surface area contributed by atoms with Gasteiger partial charge in [0, 0.05) is 6.54 Å². The minimum absolute atomic E-state index is 0. The predicted molar refractivity (Wildman–Crippen MR) is 122 cm³/mol. The molecule has 5 nitrogen and oxygen atoms in total. The number of rotatable bonds is 9. The fraction of sp³-hybridized carbons (Fsp3) is 0.381. The molecule has 0 amide bonds. The van der Waals surface area contributed by atoms with Gasteiger partial charge in [-0.3, -0.25) is 0 Å². The maximum Gasteiger partial charge on any atom is 0.188 e. The van der Waals surface area contributed by atoms with Crippen LogP contribution in [0, 0.1) is 5.92 Å². The average molecular weight is 483 g/mol. The Hall–Kier alpha value is -1.96. The Balaban J connectivity index is 0.00000364. The summed E-state index contributed by atoms with van der Waals surface area (Å²) in [6.07, 6.45) is 1.07. The SMILES string of the molecule is COc1cc(CN=C(N)NCCC(C)C)ccc1OCc1ccccc1.I. The van der Waals surface area contributed by atoms with Gasteiger partial charge < -0.3 is 20.5 Å². The lowest BCUT2D eigenvalue weighted by Crippen LogP contribution is -2.32. The van der Waals surface area contributed by atoms with Crippen molar-refractivity contribution in [1.82, 2.24) is 5.32 Å². The quantitative estimate of drug-likeness (QED) is 0.316. The molecule has 0 bridgehead atoms. The second-order valence-corrected chi connectivity index (χ2v) is 6.57. The van der Waals surface area contributed by atoms with Gasteiger partial charge in [-0.1, -0.05) is 50.2 Å². The number of hydrogen-bond donors (Lipinski definition) is 2. The highest BCUT2D eigenvalue weighted by Crippen LogP contribution is 2.29. The van der Waals surface area contributed by atoms with Crippen molar-refractivity contribution in [2.45, 2.75) is 33.4 Å². The molecule has 148 valence electrons. The van der Waals surface area contributed by atoms with Crippen LogP contribution >= 0.6 is 24.0 Å². The topological polar surface area (TPSA) is 68.9 Å². The predicted octanol–water partition coefficient (Wildman–Crippen LogP) is 4.34. The molecule has 0 atom stereocenters. The van der Waals surface area contributed by atoms with Crippen molar-refractivity contribution in [3.8, 4) is 11.5 Å². The molecule has 0 heterocycles. The van der Waals surface area contributed by atoms with Crippen LogP contribution in [-0.4, -0.2) is 19.6 Å². The van der Waals surface area contributed by atoms with Crippen LogP contribution in [0.3, 0.4) is 0 Å². The number of nitrogens with zero attached hydrogens (tertiary/aromatic N) is 1. The second kappa shape index (κ2) is 12.4. The summed E-state index contributed by atoms with van der Waals surface area (Å²) >= 11 is 0. The molecule has 6 heteroatoms. The van der Waals surface area contributed by atoms with E-state index in [0.717, 1.165) is 24.1 Å². The lowest BCUT2D eigenvalue weighted by Gasteiger charge is -2.12. The monoisotopic (exact) mass is 483 g/mol. The van der Waals surface area contributed by atoms with Gasteiger partial charge >= 0.3 is 0 Å². The zero-order valence-corrected chi connectivity index (χ0v) is 18.6. The number of ether oxygens (including phenoxy) is 2. The number of halogens is 1. The largest absolute Gasteiger partial charge is 0.493 e. The fourth-order valence-electron chi connectivity index (χ4n) is 2.39. The molecule has 0 fully saturated rings. The first-order valence-corrected chi connectivity index (χ1v) is 8.96. The molecule has 0 radical (unpaired) electrons. The third kappa shape index (κ3) is 8.51. The highest BCUT2D eigenvalue weighted by molar-refractivity contribution is 14.0. The Labute approximate surface area is 179 Å². The fourth-order valence-corrected chi connectivity index (χ4v) is 2.39. The van der Waals surface area contributed by atoms with Crippen LogP contribution in [0.2, 0.25) is 0 Å². The Morgan fingerprint density at radius 2 is 1.81 bits per heavy atom. The van der Waals surface area contributed by atoms with Crippen LogP contribution in [0.4, 0.5) is 0 Å². The molecule has 27 heavy (non-hydrogen) atoms. The Bertz CT molecular complexity index is 706. The van der Waals surface area contributed by atoms with E-state index in [1.54, 1.807) is 7.11 Å². The highest BCUT2D eigenvalue weighted by atomic mass is 127. The van der Waals surface area contributed by atoms with Gasteiger partial charge in [-0.05, 0) is 35.6 Å². The molecule has 0 aliphatic heterocycles. The van der Waals surface area contributed by atoms with Crippen molar-refractivity contribution in [1.29, 1.82) is 0 Å². The molecule has 0 spiro atoms. The first-order valence-electron chi connectivity index (χ1n) is 8.96. The maximum absolute atomic E-state index is 5.90. The zero-order valence-electron chi connectivity index (χ0n) is 16.3. The number of methoxy groups -OCH3 is 1. The molecule has 2 rings (SSSR count). The van der Waals surface area contributed by atoms with Crippen molar-refractivity contribution >= 4 is 29.9 Å². The van der Waals surface area contributed by atoms with E-state index >= 15 is 0 Å². The van der Waals surface area contributed by atoms with E-state index in [2.05, 4.69) is 24.2 Å². The van der Waals surface area contributed by atoms with E-state index in [0.29, 0.717) is 36.5 Å². The number of benzene rings is 2. The molecule has 0 aliphatic rings. The lowest BCUT2D eigenvalue weighted by atomic mass is 10.1. The van der Waals surface area contributed by atoms with Crippen LogP contribution in [-0.2, 0) is 13.2 Å². The number of aliphatic imine (C=N–C) groups is 1. The van der Waals surface area contributed by atoms with Crippen molar-refractivity contribution < 1.29 is 9.47 Å². The van der Waals surface area contributed by atoms with Gasteiger partial charge in [0.05, 0.1) is 13.7 Å². The minimum atomic E-state index is 0. The Morgan fingerprint density at radius 1 is 1.07 bits per heavy atom. The van der Waals surface area contributed by atoms with Crippen molar-refractivity contribution in [3.05, 3.63) is 59.7 Å². The van der Waals surface area contributed by atoms with Gasteiger partial charge in [0.25, 0.3) is 0 Å². The van der Waals surface area contributed by atoms with E-state index in [9.17, 15) is 0 Å². The van der Waals surface area contributed by atoms with Crippen LogP contribution in [0.5, 0.6) is 11.5 Å². The lowest BCUT2D eigenvalue weighted by molar-refractivity contribution is 0.284. The van der Waals surface area contributed by atoms with Crippen molar-refractivity contribution in [3.63, 3.8) is 0 Å². The van der Waals surface area contributed by atoms with Crippen LogP contribution in [0.15, 0.2) is 53.5 Å². The molecule has 0 aliphatic carbocycles. The molecule has 0 saturated carbocycles. The summed E-state index contributed by atoms with van der Waals surface area (Å²) in [5.74, 6) is 2.52. The van der Waals surface area contributed by atoms with Gasteiger partial charge in [-0.15, -0.1) is 24.0 Å². The summed E-state index contributed by atoms with van der Waals surface area (Å²) in [4.78, 5) is 4.38. The molecule has 3 N–H and O–H groups in total. The normalized spacial score (nSPS) is 11.0. The first kappa shape index (κ1) is 23.1. The van der Waals surface area contributed by atoms with E-state index in [-0.39, 0.29) is 24.0 Å². The van der Waals surface area contributed by atoms with Crippen molar-refractivity contribution in [2.75, 3.05) is 13.7 Å². The first-order chi connectivity index (χ1) is 12.6. The van der Waals surface area contributed by atoms with Crippen LogP contribution in [0.25, 0.3) is 0 Å². The standard InChI is InChI=1S/C21H29N3O2.HI/c1-16(2)11-12-23-21(22)24-14-18-9-10-19(20(13-18)25-3)26-15-17-7-5-4-6-8-17;/h4-10,13,16H,11-12,14-15H2,1-3H3,(H3,22,23,24);1H. The summed E-state index contributed by atoms with van der Waals surface area (Å²) in [6.45, 7) is 6.20. The van der Waals surface area contributed by atoms with E-state index < -0.39 is 0 Å². The number of nitrogens with one attached hydrogen (secondary N) is 1. The van der Waals surface area contributed by atoms with E-state index in [1.165, 1.54) is 0 Å². The number of nitrogens with two attached hydrogens (primary N) is 1. The summed E-state index contributed by atoms with van der Waals surface area (Å²) in [6, 6.07) is 15.9. The van der Waals surface area contributed by atoms with Gasteiger partial charge in [-0.2, -0.15) is 0 Å². The summed E-state index contributed by atoms with van der Waals surface area (Å²) in [7, 11) is 1.64. The van der Waals surface area contributed by atoms with Crippen LogP contribution < -0.4 is 20.5 Å². The molecule has 2 aromatic rings. The molecule has 2 aromatic carbocycles.